The van der Waals surface area contributed by atoms with Crippen LogP contribution in [-0.2, 0) is 13.0 Å². The first-order chi connectivity index (χ1) is 13.0. The maximum atomic E-state index is 13.1. The number of hydrogen-bond donors (Lipinski definition) is 3. The molecule has 27 heavy (non-hydrogen) atoms. The van der Waals surface area contributed by atoms with Crippen molar-refractivity contribution in [3.8, 4) is 11.5 Å². The first-order valence-corrected chi connectivity index (χ1v) is 8.49. The van der Waals surface area contributed by atoms with Crippen molar-refractivity contribution in [2.24, 2.45) is 0 Å². The van der Waals surface area contributed by atoms with Gasteiger partial charge in [-0.25, -0.2) is 4.39 Å². The first-order valence-electron chi connectivity index (χ1n) is 8.49. The minimum Gasteiger partial charge on any atom is -0.507 e. The standard InChI is InChI=1S/C20H17FN2O4/c21-13-3-1-11(2-4-13)7-12-8-14-17(22-9-12)19(26)16-15(18(14)25)10-23(5-6-24)20(16)27/h1-4,8-9,24-26H,5-7,10H2. The molecule has 1 aromatic heterocycles. The van der Waals surface area contributed by atoms with Gasteiger partial charge >= 0.3 is 0 Å². The van der Waals surface area contributed by atoms with Gasteiger partial charge in [-0.2, -0.15) is 0 Å². The quantitative estimate of drug-likeness (QED) is 0.615. The second kappa shape index (κ2) is 6.51. The van der Waals surface area contributed by atoms with Crippen molar-refractivity contribution in [2.75, 3.05) is 13.2 Å². The molecule has 0 spiro atoms. The average molecular weight is 368 g/mol. The fraction of sp³-hybridized carbons (Fsp3) is 0.200. The number of hydrogen-bond acceptors (Lipinski definition) is 5. The molecule has 6 nitrogen and oxygen atoms in total. The third-order valence-corrected chi connectivity index (χ3v) is 4.79. The van der Waals surface area contributed by atoms with Crippen molar-refractivity contribution in [3.63, 3.8) is 0 Å². The van der Waals surface area contributed by atoms with Crippen LogP contribution in [0.2, 0.25) is 0 Å². The molecule has 138 valence electrons. The van der Waals surface area contributed by atoms with Gasteiger partial charge in [-0.05, 0) is 35.7 Å². The summed E-state index contributed by atoms with van der Waals surface area (Å²) >= 11 is 0. The number of phenolic OH excluding ortho intramolecular Hbond substituents is 2. The third kappa shape index (κ3) is 2.86. The Hall–Kier alpha value is -3.19. The number of rotatable bonds is 4. The summed E-state index contributed by atoms with van der Waals surface area (Å²) in [5, 5.41) is 30.7. The van der Waals surface area contributed by atoms with E-state index in [2.05, 4.69) is 4.98 Å². The van der Waals surface area contributed by atoms with Crippen molar-refractivity contribution < 1.29 is 24.5 Å². The number of carbonyl (C=O) groups excluding carboxylic acids is 1. The monoisotopic (exact) mass is 368 g/mol. The highest BCUT2D eigenvalue weighted by atomic mass is 19.1. The lowest BCUT2D eigenvalue weighted by molar-refractivity contribution is 0.0743. The van der Waals surface area contributed by atoms with Gasteiger partial charge < -0.3 is 20.2 Å². The predicted octanol–water partition coefficient (Wildman–Crippen LogP) is 2.32. The first kappa shape index (κ1) is 17.2. The molecule has 0 radical (unpaired) electrons. The molecule has 2 aromatic carbocycles. The Balaban J connectivity index is 1.78. The highest BCUT2D eigenvalue weighted by molar-refractivity contribution is 6.08. The number of halogens is 1. The molecule has 0 atom stereocenters. The summed E-state index contributed by atoms with van der Waals surface area (Å²) in [6.45, 7) is 0.0269. The molecule has 2 heterocycles. The number of carbonyl (C=O) groups is 1. The lowest BCUT2D eigenvalue weighted by atomic mass is 9.99. The zero-order valence-corrected chi connectivity index (χ0v) is 14.3. The van der Waals surface area contributed by atoms with Crippen LogP contribution in [0.5, 0.6) is 11.5 Å². The maximum Gasteiger partial charge on any atom is 0.258 e. The number of fused-ring (bicyclic) bond motifs is 2. The van der Waals surface area contributed by atoms with E-state index in [1.165, 1.54) is 17.0 Å². The number of phenols is 2. The van der Waals surface area contributed by atoms with Crippen LogP contribution in [-0.4, -0.2) is 44.3 Å². The van der Waals surface area contributed by atoms with Crippen LogP contribution in [0.15, 0.2) is 36.5 Å². The van der Waals surface area contributed by atoms with Gasteiger partial charge in [0.2, 0.25) is 0 Å². The zero-order chi connectivity index (χ0) is 19.1. The van der Waals surface area contributed by atoms with Crippen molar-refractivity contribution in [2.45, 2.75) is 13.0 Å². The SMILES string of the molecule is O=C1c2c(c(O)c3cc(Cc4ccc(F)cc4)cnc3c2O)CN1CCO. The minimum absolute atomic E-state index is 0.0345. The van der Waals surface area contributed by atoms with Gasteiger partial charge in [-0.3, -0.25) is 9.78 Å². The smallest absolute Gasteiger partial charge is 0.258 e. The van der Waals surface area contributed by atoms with E-state index in [1.807, 2.05) is 0 Å². The Bertz CT molecular complexity index is 1050. The van der Waals surface area contributed by atoms with Crippen molar-refractivity contribution in [1.82, 2.24) is 9.88 Å². The zero-order valence-electron chi connectivity index (χ0n) is 14.3. The molecule has 7 heteroatoms. The lowest BCUT2D eigenvalue weighted by Crippen LogP contribution is -2.26. The number of aliphatic hydroxyl groups excluding tert-OH is 1. The van der Waals surface area contributed by atoms with Gasteiger partial charge in [0.15, 0.2) is 5.75 Å². The van der Waals surface area contributed by atoms with Crippen LogP contribution in [0.25, 0.3) is 10.9 Å². The van der Waals surface area contributed by atoms with Gasteiger partial charge in [0, 0.05) is 23.7 Å². The lowest BCUT2D eigenvalue weighted by Gasteiger charge is -2.12. The van der Waals surface area contributed by atoms with Crippen LogP contribution < -0.4 is 0 Å². The van der Waals surface area contributed by atoms with Gasteiger partial charge in [0.1, 0.15) is 17.1 Å². The van der Waals surface area contributed by atoms with Crippen LogP contribution in [0.4, 0.5) is 4.39 Å². The number of β-amino-alcohol motifs (C(OH)–C–C–N with tert-alkyl or cyclic N) is 1. The Labute approximate surface area is 154 Å². The number of aliphatic hydroxyl groups is 1. The summed E-state index contributed by atoms with van der Waals surface area (Å²) in [5.74, 6) is -1.12. The Morgan fingerprint density at radius 1 is 1.11 bits per heavy atom. The van der Waals surface area contributed by atoms with Crippen LogP contribution in [0.3, 0.4) is 0 Å². The molecule has 4 rings (SSSR count). The van der Waals surface area contributed by atoms with E-state index < -0.39 is 5.91 Å². The summed E-state index contributed by atoms with van der Waals surface area (Å²) in [6, 6.07) is 7.80. The number of benzene rings is 2. The van der Waals surface area contributed by atoms with Crippen LogP contribution in [0.1, 0.15) is 27.0 Å². The number of amides is 1. The maximum absolute atomic E-state index is 13.1. The Morgan fingerprint density at radius 2 is 1.85 bits per heavy atom. The van der Waals surface area contributed by atoms with E-state index in [0.29, 0.717) is 17.4 Å². The normalized spacial score (nSPS) is 13.4. The summed E-state index contributed by atoms with van der Waals surface area (Å²) in [5.41, 5.74) is 2.17. The summed E-state index contributed by atoms with van der Waals surface area (Å²) in [6.07, 6.45) is 2.04. The van der Waals surface area contributed by atoms with E-state index in [0.717, 1.165) is 11.1 Å². The van der Waals surface area contributed by atoms with Crippen molar-refractivity contribution in [3.05, 3.63) is 64.6 Å². The second-order valence-electron chi connectivity index (χ2n) is 6.54. The Morgan fingerprint density at radius 3 is 2.56 bits per heavy atom. The molecule has 3 aromatic rings. The minimum atomic E-state index is -0.439. The molecule has 0 saturated carbocycles. The predicted molar refractivity (Wildman–Crippen MR) is 96.1 cm³/mol. The van der Waals surface area contributed by atoms with Crippen LogP contribution >= 0.6 is 0 Å². The van der Waals surface area contributed by atoms with E-state index >= 15 is 0 Å². The highest BCUT2D eigenvalue weighted by Gasteiger charge is 2.34. The number of pyridine rings is 1. The van der Waals surface area contributed by atoms with Gasteiger partial charge in [-0.15, -0.1) is 0 Å². The van der Waals surface area contributed by atoms with Gasteiger partial charge in [0.05, 0.1) is 18.7 Å². The Kier molecular flexibility index (Phi) is 4.16. The molecule has 0 fully saturated rings. The average Bonchev–Trinajstić information content (AvgIpc) is 2.99. The van der Waals surface area contributed by atoms with E-state index in [9.17, 15) is 19.4 Å². The second-order valence-corrected chi connectivity index (χ2v) is 6.54. The van der Waals surface area contributed by atoms with E-state index in [-0.39, 0.29) is 48.1 Å². The van der Waals surface area contributed by atoms with E-state index in [1.54, 1.807) is 24.4 Å². The molecule has 0 saturated heterocycles. The number of aromatic hydroxyl groups is 2. The van der Waals surface area contributed by atoms with Gasteiger partial charge in [0.25, 0.3) is 5.91 Å². The summed E-state index contributed by atoms with van der Waals surface area (Å²) < 4.78 is 13.1. The molecule has 1 aliphatic heterocycles. The molecule has 1 amide bonds. The third-order valence-electron chi connectivity index (χ3n) is 4.79. The fourth-order valence-corrected chi connectivity index (χ4v) is 3.46. The van der Waals surface area contributed by atoms with Crippen LogP contribution in [0, 0.1) is 5.82 Å². The van der Waals surface area contributed by atoms with Crippen molar-refractivity contribution >= 4 is 16.8 Å². The molecule has 3 N–H and O–H groups in total. The molecular weight excluding hydrogens is 351 g/mol. The topological polar surface area (TPSA) is 93.9 Å². The highest BCUT2D eigenvalue weighted by Crippen LogP contribution is 2.43. The summed E-state index contributed by atoms with van der Waals surface area (Å²) in [7, 11) is 0. The number of nitrogens with zero attached hydrogens (tertiary/aromatic N) is 2. The molecule has 0 bridgehead atoms. The molecule has 0 unspecified atom stereocenters. The fourth-order valence-electron chi connectivity index (χ4n) is 3.46. The number of aromatic nitrogens is 1. The molecular formula is C20H17FN2O4. The van der Waals surface area contributed by atoms with Gasteiger partial charge in [-0.1, -0.05) is 12.1 Å². The largest absolute Gasteiger partial charge is 0.507 e. The van der Waals surface area contributed by atoms with E-state index in [4.69, 9.17) is 5.11 Å². The molecule has 1 aliphatic rings. The molecule has 0 aliphatic carbocycles. The summed E-state index contributed by atoms with van der Waals surface area (Å²) in [4.78, 5) is 18.0. The van der Waals surface area contributed by atoms with Crippen molar-refractivity contribution in [1.29, 1.82) is 0 Å².